The van der Waals surface area contributed by atoms with Gasteiger partial charge in [0, 0.05) is 24.2 Å². The van der Waals surface area contributed by atoms with Crippen molar-refractivity contribution in [2.75, 3.05) is 19.6 Å². The lowest BCUT2D eigenvalue weighted by atomic mass is 10.0. The Balaban J connectivity index is 1.59. The minimum atomic E-state index is -0.236. The van der Waals surface area contributed by atoms with Gasteiger partial charge in [-0.05, 0) is 57.5 Å². The summed E-state index contributed by atoms with van der Waals surface area (Å²) in [5.74, 6) is 0.622. The van der Waals surface area contributed by atoms with Crippen molar-refractivity contribution in [2.45, 2.75) is 39.2 Å². The molecule has 0 spiro atoms. The lowest BCUT2D eigenvalue weighted by Crippen LogP contribution is -2.42. The molecule has 0 saturated carbocycles. The highest BCUT2D eigenvalue weighted by Crippen LogP contribution is 2.16. The number of piperidine rings is 1. The Bertz CT molecular complexity index is 728. The Morgan fingerprint density at radius 1 is 1.32 bits per heavy atom. The average molecular weight is 362 g/mol. The van der Waals surface area contributed by atoms with E-state index in [9.17, 15) is 4.79 Å². The van der Waals surface area contributed by atoms with Gasteiger partial charge in [0.1, 0.15) is 5.82 Å². The molecule has 1 aromatic heterocycles. The lowest BCUT2D eigenvalue weighted by molar-refractivity contribution is 0.0928. The van der Waals surface area contributed by atoms with E-state index < -0.39 is 0 Å². The number of carbonyl (C=O) groups is 1. The predicted octanol–water partition coefficient (Wildman–Crippen LogP) is 2.83. The van der Waals surface area contributed by atoms with Crippen LogP contribution in [0.1, 0.15) is 42.6 Å². The highest BCUT2D eigenvalue weighted by Gasteiger charge is 2.19. The van der Waals surface area contributed by atoms with Crippen LogP contribution in [0, 0.1) is 6.92 Å². The summed E-state index contributed by atoms with van der Waals surface area (Å²) >= 11 is 5.91. The Morgan fingerprint density at radius 3 is 2.80 bits per heavy atom. The molecule has 6 nitrogen and oxygen atoms in total. The molecule has 0 aliphatic carbocycles. The maximum Gasteiger partial charge on any atom is 0.291 e. The third kappa shape index (κ3) is 4.38. The highest BCUT2D eigenvalue weighted by atomic mass is 35.5. The molecule has 2 heterocycles. The van der Waals surface area contributed by atoms with Gasteiger partial charge in [0.05, 0.1) is 5.69 Å². The fourth-order valence-corrected chi connectivity index (χ4v) is 3.32. The average Bonchev–Trinajstić information content (AvgIpc) is 2.99. The van der Waals surface area contributed by atoms with Crippen LogP contribution in [0.2, 0.25) is 5.02 Å². The highest BCUT2D eigenvalue weighted by molar-refractivity contribution is 6.30. The van der Waals surface area contributed by atoms with Crippen molar-refractivity contribution in [3.63, 3.8) is 0 Å². The number of hydrogen-bond acceptors (Lipinski definition) is 4. The Hall–Kier alpha value is -1.92. The normalized spacial score (nSPS) is 18.3. The number of aryl methyl sites for hydroxylation is 1. The topological polar surface area (TPSA) is 63.1 Å². The van der Waals surface area contributed by atoms with Crippen LogP contribution in [0.15, 0.2) is 24.3 Å². The van der Waals surface area contributed by atoms with Crippen LogP contribution in [0.25, 0.3) is 5.69 Å². The van der Waals surface area contributed by atoms with Gasteiger partial charge in [-0.1, -0.05) is 18.0 Å². The molecule has 1 fully saturated rings. The van der Waals surface area contributed by atoms with Crippen molar-refractivity contribution >= 4 is 17.5 Å². The molecule has 1 amide bonds. The van der Waals surface area contributed by atoms with Gasteiger partial charge >= 0.3 is 0 Å². The number of halogens is 1. The monoisotopic (exact) mass is 361 g/mol. The summed E-state index contributed by atoms with van der Waals surface area (Å²) in [5.41, 5.74) is 0.829. The van der Waals surface area contributed by atoms with Crippen molar-refractivity contribution in [2.24, 2.45) is 0 Å². The summed E-state index contributed by atoms with van der Waals surface area (Å²) in [6.07, 6.45) is 3.78. The Kier molecular flexibility index (Phi) is 5.71. The molecule has 7 heteroatoms. The number of hydrogen-bond donors (Lipinski definition) is 1. The first-order chi connectivity index (χ1) is 12.0. The number of likely N-dealkylation sites (tertiary alicyclic amines) is 1. The van der Waals surface area contributed by atoms with E-state index in [0.717, 1.165) is 18.8 Å². The molecule has 2 aromatic rings. The zero-order chi connectivity index (χ0) is 17.8. The summed E-state index contributed by atoms with van der Waals surface area (Å²) < 4.78 is 1.65. The largest absolute Gasteiger partial charge is 0.348 e. The van der Waals surface area contributed by atoms with Crippen LogP contribution < -0.4 is 5.32 Å². The van der Waals surface area contributed by atoms with Crippen LogP contribution >= 0.6 is 11.6 Å². The second kappa shape index (κ2) is 7.97. The summed E-state index contributed by atoms with van der Waals surface area (Å²) in [6, 6.07) is 7.87. The van der Waals surface area contributed by atoms with Crippen molar-refractivity contribution in [1.29, 1.82) is 0 Å². The molecule has 1 aliphatic rings. The van der Waals surface area contributed by atoms with Crippen molar-refractivity contribution in [3.05, 3.63) is 40.9 Å². The van der Waals surface area contributed by atoms with E-state index in [-0.39, 0.29) is 11.7 Å². The molecule has 25 heavy (non-hydrogen) atoms. The van der Waals surface area contributed by atoms with E-state index in [1.165, 1.54) is 19.3 Å². The second-order valence-corrected chi connectivity index (χ2v) is 6.94. The molecular formula is C18H24ClN5O. The van der Waals surface area contributed by atoms with Crippen LogP contribution in [0.5, 0.6) is 0 Å². The van der Waals surface area contributed by atoms with Gasteiger partial charge in [0.25, 0.3) is 5.91 Å². The van der Waals surface area contributed by atoms with Crippen molar-refractivity contribution in [1.82, 2.24) is 25.0 Å². The zero-order valence-corrected chi connectivity index (χ0v) is 15.5. The van der Waals surface area contributed by atoms with Gasteiger partial charge in [-0.15, -0.1) is 5.10 Å². The van der Waals surface area contributed by atoms with Crippen LogP contribution in [-0.4, -0.2) is 51.2 Å². The summed E-state index contributed by atoms with van der Waals surface area (Å²) in [7, 11) is 0. The third-order valence-electron chi connectivity index (χ3n) is 4.67. The van der Waals surface area contributed by atoms with Crippen molar-refractivity contribution < 1.29 is 4.79 Å². The molecule has 1 aliphatic heterocycles. The van der Waals surface area contributed by atoms with Gasteiger partial charge in [0.2, 0.25) is 5.82 Å². The van der Waals surface area contributed by atoms with Crippen LogP contribution in [-0.2, 0) is 0 Å². The quantitative estimate of drug-likeness (QED) is 0.889. The number of rotatable bonds is 5. The fraction of sp³-hybridized carbons (Fsp3) is 0.500. The Morgan fingerprint density at radius 2 is 2.08 bits per heavy atom. The van der Waals surface area contributed by atoms with Crippen LogP contribution in [0.3, 0.4) is 0 Å². The van der Waals surface area contributed by atoms with E-state index in [4.69, 9.17) is 11.6 Å². The van der Waals surface area contributed by atoms with Gasteiger partial charge in [0.15, 0.2) is 0 Å². The standard InChI is InChI=1S/C18H24ClN5O/c1-13-5-3-4-11-23(13)12-10-20-18(25)17-21-14(2)24(22-17)16-8-6-15(19)7-9-16/h6-9,13H,3-5,10-12H2,1-2H3,(H,20,25). The summed E-state index contributed by atoms with van der Waals surface area (Å²) in [4.78, 5) is 19.0. The first kappa shape index (κ1) is 17.9. The molecule has 0 radical (unpaired) electrons. The minimum Gasteiger partial charge on any atom is -0.348 e. The number of benzene rings is 1. The number of amides is 1. The van der Waals surface area contributed by atoms with Gasteiger partial charge in [-0.2, -0.15) is 0 Å². The number of carbonyl (C=O) groups excluding carboxylic acids is 1. The number of nitrogens with one attached hydrogen (secondary N) is 1. The van der Waals surface area contributed by atoms with E-state index in [2.05, 4.69) is 27.2 Å². The maximum absolute atomic E-state index is 12.3. The first-order valence-corrected chi connectivity index (χ1v) is 9.14. The minimum absolute atomic E-state index is 0.194. The molecule has 1 aromatic carbocycles. The van der Waals surface area contributed by atoms with E-state index in [1.807, 2.05) is 19.1 Å². The molecule has 1 N–H and O–H groups in total. The molecule has 134 valence electrons. The maximum atomic E-state index is 12.3. The van der Waals surface area contributed by atoms with Crippen LogP contribution in [0.4, 0.5) is 0 Å². The van der Waals surface area contributed by atoms with Gasteiger partial charge < -0.3 is 5.32 Å². The zero-order valence-electron chi connectivity index (χ0n) is 14.7. The number of nitrogens with zero attached hydrogens (tertiary/aromatic N) is 4. The Labute approximate surface area is 153 Å². The van der Waals surface area contributed by atoms with Gasteiger partial charge in [-0.25, -0.2) is 9.67 Å². The van der Waals surface area contributed by atoms with Gasteiger partial charge in [-0.3, -0.25) is 9.69 Å². The second-order valence-electron chi connectivity index (χ2n) is 6.51. The molecule has 0 bridgehead atoms. The molecule has 1 unspecified atom stereocenters. The SMILES string of the molecule is Cc1nc(C(=O)NCCN2CCCCC2C)nn1-c1ccc(Cl)cc1. The van der Waals surface area contributed by atoms with E-state index >= 15 is 0 Å². The molecule has 3 rings (SSSR count). The summed E-state index contributed by atoms with van der Waals surface area (Å²) in [6.45, 7) is 6.66. The third-order valence-corrected chi connectivity index (χ3v) is 4.92. The van der Waals surface area contributed by atoms with E-state index in [1.54, 1.807) is 16.8 Å². The molecule has 1 saturated heterocycles. The lowest BCUT2D eigenvalue weighted by Gasteiger charge is -2.33. The smallest absolute Gasteiger partial charge is 0.291 e. The van der Waals surface area contributed by atoms with Crippen molar-refractivity contribution in [3.8, 4) is 5.69 Å². The predicted molar refractivity (Wildman–Crippen MR) is 98.3 cm³/mol. The molecule has 1 atom stereocenters. The number of aromatic nitrogens is 3. The molecular weight excluding hydrogens is 338 g/mol. The fourth-order valence-electron chi connectivity index (χ4n) is 3.20. The van der Waals surface area contributed by atoms with E-state index in [0.29, 0.717) is 23.4 Å². The first-order valence-electron chi connectivity index (χ1n) is 8.76. The summed E-state index contributed by atoms with van der Waals surface area (Å²) in [5, 5.41) is 7.91.